The van der Waals surface area contributed by atoms with Gasteiger partial charge in [-0.15, -0.1) is 0 Å². The molecule has 4 heteroatoms. The molecular formula is C14H25N3O. The molecule has 0 bridgehead atoms. The fourth-order valence-electron chi connectivity index (χ4n) is 2.42. The second-order valence-corrected chi connectivity index (χ2v) is 5.96. The molecule has 0 saturated carbocycles. The van der Waals surface area contributed by atoms with E-state index in [1.54, 1.807) is 0 Å². The Morgan fingerprint density at radius 3 is 3.06 bits per heavy atom. The van der Waals surface area contributed by atoms with E-state index < -0.39 is 0 Å². The summed E-state index contributed by atoms with van der Waals surface area (Å²) in [5, 5.41) is 3.41. The zero-order chi connectivity index (χ0) is 13.0. The van der Waals surface area contributed by atoms with Crippen LogP contribution in [0, 0.1) is 5.92 Å². The molecule has 0 spiro atoms. The van der Waals surface area contributed by atoms with E-state index in [-0.39, 0.29) is 5.60 Å². The maximum absolute atomic E-state index is 5.80. The standard InChI is InChI=1S/C14H25N3O/c1-12(2)7-15-8-13-9-17(11-16-13)10-14(3)5-4-6-18-14/h9,11-12,15H,4-8,10H2,1-3H3. The summed E-state index contributed by atoms with van der Waals surface area (Å²) >= 11 is 0. The van der Waals surface area contributed by atoms with Gasteiger partial charge < -0.3 is 14.6 Å². The predicted octanol–water partition coefficient (Wildman–Crippen LogP) is 2.20. The fourth-order valence-corrected chi connectivity index (χ4v) is 2.42. The normalized spacial score (nSPS) is 24.0. The monoisotopic (exact) mass is 251 g/mol. The number of nitrogens with one attached hydrogen (secondary N) is 1. The van der Waals surface area contributed by atoms with Gasteiger partial charge in [-0.05, 0) is 32.2 Å². The first kappa shape index (κ1) is 13.6. The van der Waals surface area contributed by atoms with Gasteiger partial charge in [-0.1, -0.05) is 13.8 Å². The van der Waals surface area contributed by atoms with E-state index in [2.05, 4.69) is 41.8 Å². The minimum absolute atomic E-state index is 0.00330. The van der Waals surface area contributed by atoms with Gasteiger partial charge >= 0.3 is 0 Å². The number of ether oxygens (including phenoxy) is 1. The highest BCUT2D eigenvalue weighted by atomic mass is 16.5. The Morgan fingerprint density at radius 1 is 1.56 bits per heavy atom. The Balaban J connectivity index is 1.82. The van der Waals surface area contributed by atoms with Gasteiger partial charge in [-0.25, -0.2) is 4.98 Å². The van der Waals surface area contributed by atoms with Crippen molar-refractivity contribution >= 4 is 0 Å². The van der Waals surface area contributed by atoms with Crippen molar-refractivity contribution in [3.63, 3.8) is 0 Å². The van der Waals surface area contributed by atoms with Crippen LogP contribution >= 0.6 is 0 Å². The second-order valence-electron chi connectivity index (χ2n) is 5.96. The van der Waals surface area contributed by atoms with E-state index >= 15 is 0 Å². The average molecular weight is 251 g/mol. The highest BCUT2D eigenvalue weighted by Gasteiger charge is 2.30. The lowest BCUT2D eigenvalue weighted by Gasteiger charge is -2.23. The summed E-state index contributed by atoms with van der Waals surface area (Å²) in [7, 11) is 0. The van der Waals surface area contributed by atoms with Crippen molar-refractivity contribution in [3.05, 3.63) is 18.2 Å². The summed E-state index contributed by atoms with van der Waals surface area (Å²) in [6.45, 7) is 10.3. The van der Waals surface area contributed by atoms with Crippen LogP contribution in [0.2, 0.25) is 0 Å². The lowest BCUT2D eigenvalue weighted by Crippen LogP contribution is -2.28. The van der Waals surface area contributed by atoms with Crippen molar-refractivity contribution in [3.8, 4) is 0 Å². The Hall–Kier alpha value is -0.870. The Labute approximate surface area is 110 Å². The van der Waals surface area contributed by atoms with Crippen LogP contribution in [0.5, 0.6) is 0 Å². The molecule has 1 aliphatic rings. The Morgan fingerprint density at radius 2 is 2.39 bits per heavy atom. The largest absolute Gasteiger partial charge is 0.373 e. The summed E-state index contributed by atoms with van der Waals surface area (Å²) in [5.74, 6) is 0.679. The molecule has 1 aromatic heterocycles. The van der Waals surface area contributed by atoms with Crippen LogP contribution in [-0.2, 0) is 17.8 Å². The third-order valence-electron chi connectivity index (χ3n) is 3.36. The lowest BCUT2D eigenvalue weighted by molar-refractivity contribution is 0.00620. The van der Waals surface area contributed by atoms with Crippen LogP contribution in [-0.4, -0.2) is 28.3 Å². The summed E-state index contributed by atoms with van der Waals surface area (Å²) < 4.78 is 7.95. The van der Waals surface area contributed by atoms with Gasteiger partial charge in [0.15, 0.2) is 0 Å². The lowest BCUT2D eigenvalue weighted by atomic mass is 10.0. The van der Waals surface area contributed by atoms with Crippen molar-refractivity contribution in [2.45, 2.75) is 52.3 Å². The predicted molar refractivity (Wildman–Crippen MR) is 72.4 cm³/mol. The van der Waals surface area contributed by atoms with Crippen LogP contribution in [0.25, 0.3) is 0 Å². The van der Waals surface area contributed by atoms with Crippen molar-refractivity contribution in [2.75, 3.05) is 13.2 Å². The molecule has 1 aromatic rings. The third-order valence-corrected chi connectivity index (χ3v) is 3.36. The summed E-state index contributed by atoms with van der Waals surface area (Å²) in [4.78, 5) is 4.43. The molecule has 4 nitrogen and oxygen atoms in total. The molecule has 0 radical (unpaired) electrons. The van der Waals surface area contributed by atoms with E-state index in [1.807, 2.05) is 6.33 Å². The molecule has 2 rings (SSSR count). The van der Waals surface area contributed by atoms with E-state index in [4.69, 9.17) is 4.74 Å². The van der Waals surface area contributed by atoms with Gasteiger partial charge in [0.25, 0.3) is 0 Å². The highest BCUT2D eigenvalue weighted by molar-refractivity contribution is 4.97. The first-order chi connectivity index (χ1) is 8.57. The molecule has 0 aliphatic carbocycles. The number of hydrogen-bond acceptors (Lipinski definition) is 3. The molecular weight excluding hydrogens is 226 g/mol. The van der Waals surface area contributed by atoms with Crippen molar-refractivity contribution in [1.82, 2.24) is 14.9 Å². The van der Waals surface area contributed by atoms with Crippen LogP contribution in [0.3, 0.4) is 0 Å². The minimum Gasteiger partial charge on any atom is -0.373 e. The smallest absolute Gasteiger partial charge is 0.0950 e. The molecule has 1 unspecified atom stereocenters. The quantitative estimate of drug-likeness (QED) is 0.842. The number of nitrogens with zero attached hydrogens (tertiary/aromatic N) is 2. The molecule has 1 saturated heterocycles. The zero-order valence-corrected chi connectivity index (χ0v) is 11.8. The highest BCUT2D eigenvalue weighted by Crippen LogP contribution is 2.26. The van der Waals surface area contributed by atoms with Gasteiger partial charge in [0.05, 0.1) is 24.2 Å². The SMILES string of the molecule is CC(C)CNCc1cn(CC2(C)CCCO2)cn1. The molecule has 0 aromatic carbocycles. The van der Waals surface area contributed by atoms with Crippen LogP contribution in [0.1, 0.15) is 39.3 Å². The molecule has 0 amide bonds. The zero-order valence-electron chi connectivity index (χ0n) is 11.8. The number of hydrogen-bond donors (Lipinski definition) is 1. The van der Waals surface area contributed by atoms with Crippen molar-refractivity contribution in [2.24, 2.45) is 5.92 Å². The molecule has 18 heavy (non-hydrogen) atoms. The number of rotatable bonds is 6. The van der Waals surface area contributed by atoms with Gasteiger partial charge in [-0.2, -0.15) is 0 Å². The molecule has 2 heterocycles. The van der Waals surface area contributed by atoms with Crippen LogP contribution in [0.4, 0.5) is 0 Å². The van der Waals surface area contributed by atoms with E-state index in [0.717, 1.165) is 38.4 Å². The fraction of sp³-hybridized carbons (Fsp3) is 0.786. The Kier molecular flexibility index (Phi) is 4.40. The number of aromatic nitrogens is 2. The summed E-state index contributed by atoms with van der Waals surface area (Å²) in [6, 6.07) is 0. The average Bonchev–Trinajstić information content (AvgIpc) is 2.88. The summed E-state index contributed by atoms with van der Waals surface area (Å²) in [5.41, 5.74) is 1.11. The molecule has 1 fully saturated rings. The third kappa shape index (κ3) is 3.82. The van der Waals surface area contributed by atoms with E-state index in [0.29, 0.717) is 5.92 Å². The molecule has 1 atom stereocenters. The van der Waals surface area contributed by atoms with Crippen molar-refractivity contribution < 1.29 is 4.74 Å². The van der Waals surface area contributed by atoms with E-state index in [1.165, 1.54) is 6.42 Å². The van der Waals surface area contributed by atoms with Crippen LogP contribution in [0.15, 0.2) is 12.5 Å². The minimum atomic E-state index is 0.00330. The molecule has 1 aliphatic heterocycles. The van der Waals surface area contributed by atoms with Gasteiger partial charge in [-0.3, -0.25) is 0 Å². The van der Waals surface area contributed by atoms with Gasteiger partial charge in [0.2, 0.25) is 0 Å². The van der Waals surface area contributed by atoms with Crippen LogP contribution < -0.4 is 5.32 Å². The van der Waals surface area contributed by atoms with Gasteiger partial charge in [0.1, 0.15) is 0 Å². The topological polar surface area (TPSA) is 39.1 Å². The molecule has 1 N–H and O–H groups in total. The summed E-state index contributed by atoms with van der Waals surface area (Å²) in [6.07, 6.45) is 6.36. The van der Waals surface area contributed by atoms with E-state index in [9.17, 15) is 0 Å². The second kappa shape index (κ2) is 5.85. The first-order valence-electron chi connectivity index (χ1n) is 6.93. The maximum atomic E-state index is 5.80. The Bertz CT molecular complexity index is 367. The van der Waals surface area contributed by atoms with Gasteiger partial charge in [0, 0.05) is 19.3 Å². The van der Waals surface area contributed by atoms with Crippen molar-refractivity contribution in [1.29, 1.82) is 0 Å². The first-order valence-corrected chi connectivity index (χ1v) is 6.93. The maximum Gasteiger partial charge on any atom is 0.0950 e. The molecule has 102 valence electrons. The number of imidazole rings is 1.